The Kier molecular flexibility index (Phi) is 3.17. The van der Waals surface area contributed by atoms with Crippen molar-refractivity contribution in [3.05, 3.63) is 35.9 Å². The van der Waals surface area contributed by atoms with Crippen LogP contribution < -0.4 is 0 Å². The van der Waals surface area contributed by atoms with Gasteiger partial charge in [0.2, 0.25) is 0 Å². The van der Waals surface area contributed by atoms with Crippen molar-refractivity contribution in [1.82, 2.24) is 0 Å². The average molecular weight is 269 g/mol. The lowest BCUT2D eigenvalue weighted by Crippen LogP contribution is -2.40. The molecule has 0 saturated carbocycles. The summed E-state index contributed by atoms with van der Waals surface area (Å²) in [6.07, 6.45) is 2.53. The average Bonchev–Trinajstić information content (AvgIpc) is 2.23. The molecule has 1 aliphatic rings. The SMILES string of the molecule is CC1(C)O[C@H](c2ccccc2)CC[C@H]1Br. The van der Waals surface area contributed by atoms with Gasteiger partial charge in [-0.3, -0.25) is 0 Å². The lowest BCUT2D eigenvalue weighted by molar-refractivity contribution is -0.102. The monoisotopic (exact) mass is 268 g/mol. The van der Waals surface area contributed by atoms with E-state index in [0.29, 0.717) is 4.83 Å². The summed E-state index contributed by atoms with van der Waals surface area (Å²) >= 11 is 3.68. The molecule has 2 heteroatoms. The van der Waals surface area contributed by atoms with Crippen LogP contribution in [0.3, 0.4) is 0 Å². The second kappa shape index (κ2) is 4.26. The normalized spacial score (nSPS) is 30.1. The zero-order valence-electron chi connectivity index (χ0n) is 9.24. The molecule has 1 heterocycles. The number of hydrogen-bond donors (Lipinski definition) is 0. The highest BCUT2D eigenvalue weighted by atomic mass is 79.9. The fourth-order valence-electron chi connectivity index (χ4n) is 2.05. The van der Waals surface area contributed by atoms with Crippen molar-refractivity contribution < 1.29 is 4.74 Å². The maximum absolute atomic E-state index is 6.13. The fraction of sp³-hybridized carbons (Fsp3) is 0.538. The van der Waals surface area contributed by atoms with Gasteiger partial charge < -0.3 is 4.74 Å². The van der Waals surface area contributed by atoms with Gasteiger partial charge in [0.15, 0.2) is 0 Å². The lowest BCUT2D eigenvalue weighted by atomic mass is 9.92. The Balaban J connectivity index is 2.14. The van der Waals surface area contributed by atoms with Gasteiger partial charge in [-0.05, 0) is 32.3 Å². The van der Waals surface area contributed by atoms with Gasteiger partial charge in [0.25, 0.3) is 0 Å². The molecule has 2 rings (SSSR count). The van der Waals surface area contributed by atoms with E-state index in [1.165, 1.54) is 12.0 Å². The van der Waals surface area contributed by atoms with Crippen molar-refractivity contribution in [3.8, 4) is 0 Å². The van der Waals surface area contributed by atoms with Crippen molar-refractivity contribution in [2.45, 2.75) is 43.2 Å². The van der Waals surface area contributed by atoms with Crippen molar-refractivity contribution in [2.24, 2.45) is 0 Å². The smallest absolute Gasteiger partial charge is 0.0833 e. The van der Waals surface area contributed by atoms with E-state index in [4.69, 9.17) is 4.74 Å². The highest BCUT2D eigenvalue weighted by Gasteiger charge is 2.36. The van der Waals surface area contributed by atoms with Gasteiger partial charge >= 0.3 is 0 Å². The van der Waals surface area contributed by atoms with Gasteiger partial charge in [0, 0.05) is 4.83 Å². The van der Waals surface area contributed by atoms with Crippen LogP contribution in [0.1, 0.15) is 38.4 Å². The van der Waals surface area contributed by atoms with Crippen LogP contribution in [0.5, 0.6) is 0 Å². The van der Waals surface area contributed by atoms with Gasteiger partial charge in [-0.1, -0.05) is 46.3 Å². The molecule has 82 valence electrons. The molecule has 1 aliphatic heterocycles. The third-order valence-corrected chi connectivity index (χ3v) is 4.61. The van der Waals surface area contributed by atoms with Gasteiger partial charge in [0.05, 0.1) is 11.7 Å². The van der Waals surface area contributed by atoms with Crippen LogP contribution in [0.25, 0.3) is 0 Å². The van der Waals surface area contributed by atoms with Crippen LogP contribution in [0.15, 0.2) is 30.3 Å². The van der Waals surface area contributed by atoms with Gasteiger partial charge in [-0.25, -0.2) is 0 Å². The predicted octanol–water partition coefficient (Wildman–Crippen LogP) is 4.08. The number of hydrogen-bond acceptors (Lipinski definition) is 1. The largest absolute Gasteiger partial charge is 0.366 e. The second-order valence-corrected chi connectivity index (χ2v) is 5.77. The fourth-order valence-corrected chi connectivity index (χ4v) is 2.42. The molecule has 1 saturated heterocycles. The first-order valence-electron chi connectivity index (χ1n) is 5.46. The molecule has 0 radical (unpaired) electrons. The molecule has 1 aromatic rings. The molecule has 0 N–H and O–H groups in total. The maximum Gasteiger partial charge on any atom is 0.0833 e. The summed E-state index contributed by atoms with van der Waals surface area (Å²) < 4.78 is 6.13. The highest BCUT2D eigenvalue weighted by molar-refractivity contribution is 9.09. The summed E-state index contributed by atoms with van der Waals surface area (Å²) in [6, 6.07) is 10.5. The second-order valence-electron chi connectivity index (χ2n) is 4.67. The van der Waals surface area contributed by atoms with E-state index < -0.39 is 0 Å². The quantitative estimate of drug-likeness (QED) is 0.698. The molecule has 1 nitrogen and oxygen atoms in total. The Morgan fingerprint density at radius 1 is 1.20 bits per heavy atom. The Labute approximate surface area is 100.0 Å². The Hall–Kier alpha value is -0.340. The highest BCUT2D eigenvalue weighted by Crippen LogP contribution is 2.40. The molecule has 1 aromatic carbocycles. The van der Waals surface area contributed by atoms with Crippen LogP contribution in [0.2, 0.25) is 0 Å². The molecular formula is C13H17BrO. The van der Waals surface area contributed by atoms with E-state index >= 15 is 0 Å². The van der Waals surface area contributed by atoms with E-state index in [1.807, 2.05) is 6.07 Å². The topological polar surface area (TPSA) is 9.23 Å². The molecule has 2 atom stereocenters. The molecule has 15 heavy (non-hydrogen) atoms. The standard InChI is InChI=1S/C13H17BrO/c1-13(2)12(14)9-8-11(15-13)10-6-4-3-5-7-10/h3-7,11-12H,8-9H2,1-2H3/t11-,12+/m0/s1. The third kappa shape index (κ3) is 2.43. The minimum atomic E-state index is -0.0707. The maximum atomic E-state index is 6.13. The van der Waals surface area contributed by atoms with Gasteiger partial charge in [-0.2, -0.15) is 0 Å². The van der Waals surface area contributed by atoms with Gasteiger partial charge in [0.1, 0.15) is 0 Å². The van der Waals surface area contributed by atoms with Crippen LogP contribution in [-0.2, 0) is 4.74 Å². The van der Waals surface area contributed by atoms with Gasteiger partial charge in [-0.15, -0.1) is 0 Å². The van der Waals surface area contributed by atoms with E-state index in [9.17, 15) is 0 Å². The molecule has 0 aromatic heterocycles. The van der Waals surface area contributed by atoms with Crippen molar-refractivity contribution in [1.29, 1.82) is 0 Å². The summed E-state index contributed by atoms with van der Waals surface area (Å²) in [7, 11) is 0. The summed E-state index contributed by atoms with van der Waals surface area (Å²) in [5.41, 5.74) is 1.23. The number of benzene rings is 1. The van der Waals surface area contributed by atoms with E-state index in [1.54, 1.807) is 0 Å². The van der Waals surface area contributed by atoms with Crippen molar-refractivity contribution >= 4 is 15.9 Å². The first-order valence-corrected chi connectivity index (χ1v) is 6.38. The molecule has 0 aliphatic carbocycles. The zero-order valence-corrected chi connectivity index (χ0v) is 10.8. The van der Waals surface area contributed by atoms with Crippen LogP contribution >= 0.6 is 15.9 Å². The number of halogens is 1. The van der Waals surface area contributed by atoms with Crippen LogP contribution in [0, 0.1) is 0 Å². The van der Waals surface area contributed by atoms with Crippen molar-refractivity contribution in [2.75, 3.05) is 0 Å². The van der Waals surface area contributed by atoms with E-state index in [2.05, 4.69) is 54.0 Å². The number of alkyl halides is 1. The zero-order chi connectivity index (χ0) is 10.9. The predicted molar refractivity (Wildman–Crippen MR) is 66.3 cm³/mol. The molecule has 0 unspecified atom stereocenters. The Morgan fingerprint density at radius 3 is 2.47 bits per heavy atom. The molecule has 0 spiro atoms. The minimum Gasteiger partial charge on any atom is -0.366 e. The summed E-state index contributed by atoms with van der Waals surface area (Å²) in [4.78, 5) is 0.463. The first-order chi connectivity index (χ1) is 7.09. The number of ether oxygens (including phenoxy) is 1. The molecule has 0 bridgehead atoms. The van der Waals surface area contributed by atoms with E-state index in [-0.39, 0.29) is 11.7 Å². The number of rotatable bonds is 1. The molecule has 0 amide bonds. The summed E-state index contributed by atoms with van der Waals surface area (Å²) in [5.74, 6) is 0. The Morgan fingerprint density at radius 2 is 1.87 bits per heavy atom. The van der Waals surface area contributed by atoms with Crippen LogP contribution in [0.4, 0.5) is 0 Å². The van der Waals surface area contributed by atoms with E-state index in [0.717, 1.165) is 6.42 Å². The van der Waals surface area contributed by atoms with Crippen molar-refractivity contribution in [3.63, 3.8) is 0 Å². The summed E-state index contributed by atoms with van der Waals surface area (Å²) in [6.45, 7) is 4.31. The Bertz CT molecular complexity index is 321. The molecule has 1 fully saturated rings. The van der Waals surface area contributed by atoms with Crippen LogP contribution in [-0.4, -0.2) is 10.4 Å². The minimum absolute atomic E-state index is 0.0707. The summed E-state index contributed by atoms with van der Waals surface area (Å²) in [5, 5.41) is 0. The molecular weight excluding hydrogens is 252 g/mol. The third-order valence-electron chi connectivity index (χ3n) is 3.05. The first kappa shape index (κ1) is 11.2. The lowest BCUT2D eigenvalue weighted by Gasteiger charge is -2.40.